The van der Waals surface area contributed by atoms with E-state index in [0.717, 1.165) is 0 Å². The molecule has 0 amide bonds. The van der Waals surface area contributed by atoms with Crippen LogP contribution in [-0.4, -0.2) is 0 Å². The third kappa shape index (κ3) is 25.2. The van der Waals surface area contributed by atoms with E-state index >= 15 is 0 Å². The Morgan fingerprint density at radius 1 is 0.667 bits per heavy atom. The Morgan fingerprint density at radius 3 is 0.667 bits per heavy atom. The van der Waals surface area contributed by atoms with Gasteiger partial charge in [0.2, 0.25) is 0 Å². The zero-order valence-electron chi connectivity index (χ0n) is 3.51. The van der Waals surface area contributed by atoms with Gasteiger partial charge < -0.3 is 0 Å². The Labute approximate surface area is 120 Å². The van der Waals surface area contributed by atoms with Gasteiger partial charge in [0.1, 0.15) is 0 Å². The number of hydrogen-bond donors (Lipinski definition) is 0. The summed E-state index contributed by atoms with van der Waals surface area (Å²) in [6, 6.07) is 0. The molecule has 0 unspecified atom stereocenters. The molecule has 0 heterocycles. The molecule has 0 saturated carbocycles. The van der Waals surface area contributed by atoms with E-state index in [4.69, 9.17) is 0 Å². The molecule has 0 saturated heterocycles. The molecular formula is CH6Ag5+4. The summed E-state index contributed by atoms with van der Waals surface area (Å²) in [6.45, 7) is 0. The van der Waals surface area contributed by atoms with Crippen molar-refractivity contribution in [3.8, 4) is 0 Å². The molecule has 0 rings (SSSR count). The SMILES string of the molecule is C.[Ag+].[Ag+].[Ag].[Ag].[Ag].[H+].[H+]. The number of hydrogen-bond acceptors (Lipinski definition) is 0. The third-order valence-electron chi connectivity index (χ3n) is 0. The van der Waals surface area contributed by atoms with Gasteiger partial charge >= 0.3 is 47.6 Å². The maximum absolute atomic E-state index is 0. The summed E-state index contributed by atoms with van der Waals surface area (Å²) in [5.41, 5.74) is 0. The minimum Gasteiger partial charge on any atom is -0.0776 e. The largest absolute Gasteiger partial charge is 1.00 e. The molecule has 0 spiro atoms. The van der Waals surface area contributed by atoms with Crippen LogP contribution in [0.15, 0.2) is 0 Å². The van der Waals surface area contributed by atoms with Gasteiger partial charge in [0, 0.05) is 67.1 Å². The van der Waals surface area contributed by atoms with Crippen molar-refractivity contribution in [1.82, 2.24) is 0 Å². The quantitative estimate of drug-likeness (QED) is 0.388. The first kappa shape index (κ1) is 53.6. The van der Waals surface area contributed by atoms with Gasteiger partial charge in [0.05, 0.1) is 0 Å². The normalized spacial score (nSPS) is 0. The maximum atomic E-state index is 0. The predicted octanol–water partition coefficient (Wildman–Crippen LogP) is 0.849. The average molecular weight is 557 g/mol. The van der Waals surface area contributed by atoms with Crippen LogP contribution in [0.25, 0.3) is 0 Å². The molecule has 0 nitrogen and oxygen atoms in total. The maximum Gasteiger partial charge on any atom is 1.00 e. The Balaban J connectivity index is 0. The van der Waals surface area contributed by atoms with E-state index < -0.39 is 0 Å². The van der Waals surface area contributed by atoms with Crippen LogP contribution >= 0.6 is 0 Å². The molecule has 0 fully saturated rings. The molecule has 0 aliphatic heterocycles. The van der Waals surface area contributed by atoms with E-state index in [1.54, 1.807) is 0 Å². The van der Waals surface area contributed by atoms with Gasteiger partial charge in [-0.25, -0.2) is 0 Å². The van der Waals surface area contributed by atoms with Crippen molar-refractivity contribution in [3.05, 3.63) is 0 Å². The molecule has 0 aliphatic rings. The molecule has 5 heteroatoms. The van der Waals surface area contributed by atoms with E-state index in [-0.39, 0.29) is 122 Å². The van der Waals surface area contributed by atoms with Crippen LogP contribution in [-0.2, 0) is 112 Å². The van der Waals surface area contributed by atoms with Crippen molar-refractivity contribution in [2.24, 2.45) is 0 Å². The second kappa shape index (κ2) is 37.7. The summed E-state index contributed by atoms with van der Waals surface area (Å²) >= 11 is 0. The predicted molar refractivity (Wildman–Crippen MR) is 8.96 cm³/mol. The summed E-state index contributed by atoms with van der Waals surface area (Å²) in [6.07, 6.45) is 0. The number of rotatable bonds is 0. The molecule has 0 atom stereocenters. The molecule has 0 aromatic heterocycles. The molecule has 6 heavy (non-hydrogen) atoms. The van der Waals surface area contributed by atoms with Crippen molar-refractivity contribution in [2.75, 3.05) is 0 Å². The summed E-state index contributed by atoms with van der Waals surface area (Å²) in [4.78, 5) is 0. The van der Waals surface area contributed by atoms with Crippen LogP contribution < -0.4 is 0 Å². The average Bonchev–Trinajstić information content (AvgIpc) is 0. The van der Waals surface area contributed by atoms with Crippen LogP contribution in [0, 0.1) is 0 Å². The first-order valence-corrected chi connectivity index (χ1v) is 0. The monoisotopic (exact) mass is 553 g/mol. The molecule has 0 aromatic rings. The molecule has 0 aromatic carbocycles. The first-order chi connectivity index (χ1) is 0. The van der Waals surface area contributed by atoms with Gasteiger partial charge in [-0.3, -0.25) is 0 Å². The van der Waals surface area contributed by atoms with Gasteiger partial charge in [-0.05, 0) is 0 Å². The summed E-state index contributed by atoms with van der Waals surface area (Å²) in [7, 11) is 0. The van der Waals surface area contributed by atoms with Crippen LogP contribution in [0.2, 0.25) is 0 Å². The fraction of sp³-hybridized carbons (Fsp3) is 1.00. The summed E-state index contributed by atoms with van der Waals surface area (Å²) in [5.74, 6) is 0. The minimum absolute atomic E-state index is 0. The molecular weight excluding hydrogens is 551 g/mol. The fourth-order valence-corrected chi connectivity index (χ4v) is 0. The first-order valence-electron chi connectivity index (χ1n) is 0. The van der Waals surface area contributed by atoms with Crippen molar-refractivity contribution in [1.29, 1.82) is 0 Å². The topological polar surface area (TPSA) is 0 Å². The Bertz CT molecular complexity index is 10.4. The zero-order chi connectivity index (χ0) is 0. The standard InChI is InChI=1S/CH4.5Ag/h1H4;;;;;/q;;;;2*+1/p+2. The van der Waals surface area contributed by atoms with E-state index in [1.807, 2.05) is 0 Å². The summed E-state index contributed by atoms with van der Waals surface area (Å²) < 4.78 is 0. The van der Waals surface area contributed by atoms with E-state index in [9.17, 15) is 0 Å². The summed E-state index contributed by atoms with van der Waals surface area (Å²) in [5, 5.41) is 0. The van der Waals surface area contributed by atoms with Crippen LogP contribution in [0.1, 0.15) is 10.3 Å². The minimum atomic E-state index is 0. The fourth-order valence-electron chi connectivity index (χ4n) is 0. The second-order valence-corrected chi connectivity index (χ2v) is 0. The molecule has 3 radical (unpaired) electrons. The third-order valence-corrected chi connectivity index (χ3v) is 0. The van der Waals surface area contributed by atoms with Gasteiger partial charge in [-0.1, -0.05) is 7.43 Å². The van der Waals surface area contributed by atoms with Crippen molar-refractivity contribution >= 4 is 0 Å². The van der Waals surface area contributed by atoms with Gasteiger partial charge in [-0.15, -0.1) is 0 Å². The smallest absolute Gasteiger partial charge is 0.0776 e. The molecule has 0 aliphatic carbocycles. The van der Waals surface area contributed by atoms with E-state index in [1.165, 1.54) is 0 Å². The zero-order valence-corrected chi connectivity index (χ0v) is 8.92. The van der Waals surface area contributed by atoms with Crippen LogP contribution in [0.5, 0.6) is 0 Å². The van der Waals surface area contributed by atoms with Crippen molar-refractivity contribution in [2.45, 2.75) is 7.43 Å². The second-order valence-electron chi connectivity index (χ2n) is 0. The van der Waals surface area contributed by atoms with E-state index in [0.29, 0.717) is 0 Å². The van der Waals surface area contributed by atoms with Crippen LogP contribution in [0.4, 0.5) is 0 Å². The Kier molecular flexibility index (Phi) is 337. The molecule has 0 N–H and O–H groups in total. The van der Waals surface area contributed by atoms with Gasteiger partial charge in [0.25, 0.3) is 0 Å². The molecule has 0 bridgehead atoms. The van der Waals surface area contributed by atoms with Crippen molar-refractivity contribution < 1.29 is 115 Å². The van der Waals surface area contributed by atoms with Crippen molar-refractivity contribution in [3.63, 3.8) is 0 Å². The Morgan fingerprint density at radius 2 is 0.667 bits per heavy atom. The van der Waals surface area contributed by atoms with Gasteiger partial charge in [-0.2, -0.15) is 0 Å². The van der Waals surface area contributed by atoms with Gasteiger partial charge in [0.15, 0.2) is 0 Å². The van der Waals surface area contributed by atoms with Crippen LogP contribution in [0.3, 0.4) is 0 Å². The molecule has 61 valence electrons. The van der Waals surface area contributed by atoms with E-state index in [2.05, 4.69) is 0 Å². The Hall–Kier alpha value is 3.70.